The quantitative estimate of drug-likeness (QED) is 0.728. The molecule has 4 nitrogen and oxygen atoms in total. The van der Waals surface area contributed by atoms with Gasteiger partial charge in [0, 0.05) is 11.4 Å². The lowest BCUT2D eigenvalue weighted by atomic mass is 10.0. The van der Waals surface area contributed by atoms with Gasteiger partial charge in [0.15, 0.2) is 11.6 Å². The highest BCUT2D eigenvalue weighted by Crippen LogP contribution is 2.37. The second-order valence-corrected chi connectivity index (χ2v) is 6.14. The first-order chi connectivity index (χ1) is 13.1. The van der Waals surface area contributed by atoms with E-state index in [1.807, 2.05) is 6.07 Å². The van der Waals surface area contributed by atoms with Crippen molar-refractivity contribution in [2.75, 3.05) is 17.3 Å². The Labute approximate surface area is 155 Å². The standard InChI is InChI=1S/C21H16F2N2O2/c1-27-15-9-7-14(8-10-15)25-20(13-6-11-17(22)18(23)12-13)24-19-5-3-2-4-16(19)21(25)26/h2-12,20,24H,1H3. The van der Waals surface area contributed by atoms with Crippen molar-refractivity contribution in [3.05, 3.63) is 89.5 Å². The highest BCUT2D eigenvalue weighted by molar-refractivity contribution is 6.12. The fraction of sp³-hybridized carbons (Fsp3) is 0.0952. The Morgan fingerprint density at radius 2 is 1.70 bits per heavy atom. The summed E-state index contributed by atoms with van der Waals surface area (Å²) in [7, 11) is 1.56. The number of benzene rings is 3. The number of anilines is 2. The SMILES string of the molecule is COc1ccc(N2C(=O)c3ccccc3NC2c2ccc(F)c(F)c2)cc1. The lowest BCUT2D eigenvalue weighted by Crippen LogP contribution is -2.43. The highest BCUT2D eigenvalue weighted by Gasteiger charge is 2.34. The van der Waals surface area contributed by atoms with Crippen molar-refractivity contribution in [1.29, 1.82) is 0 Å². The summed E-state index contributed by atoms with van der Waals surface area (Å²) >= 11 is 0. The number of hydrogen-bond donors (Lipinski definition) is 1. The molecule has 0 saturated heterocycles. The first-order valence-corrected chi connectivity index (χ1v) is 8.36. The number of carbonyl (C=O) groups is 1. The zero-order valence-electron chi connectivity index (χ0n) is 14.4. The monoisotopic (exact) mass is 366 g/mol. The van der Waals surface area contributed by atoms with Crippen LogP contribution in [-0.2, 0) is 0 Å². The maximum atomic E-state index is 13.8. The number of methoxy groups -OCH3 is 1. The molecular formula is C21H16F2N2O2. The van der Waals surface area contributed by atoms with Crippen molar-refractivity contribution in [3.8, 4) is 5.75 Å². The number of hydrogen-bond acceptors (Lipinski definition) is 3. The molecule has 0 saturated carbocycles. The zero-order chi connectivity index (χ0) is 19.0. The number of para-hydroxylation sites is 1. The van der Waals surface area contributed by atoms with Gasteiger partial charge in [-0.2, -0.15) is 0 Å². The summed E-state index contributed by atoms with van der Waals surface area (Å²) < 4.78 is 32.4. The summed E-state index contributed by atoms with van der Waals surface area (Å²) in [5, 5.41) is 3.25. The van der Waals surface area contributed by atoms with Crippen LogP contribution in [0.15, 0.2) is 66.7 Å². The molecule has 27 heavy (non-hydrogen) atoms. The van der Waals surface area contributed by atoms with E-state index in [0.717, 1.165) is 12.1 Å². The van der Waals surface area contributed by atoms with E-state index in [0.29, 0.717) is 28.3 Å². The number of halogens is 2. The molecular weight excluding hydrogens is 350 g/mol. The molecule has 1 N–H and O–H groups in total. The Hall–Kier alpha value is -3.41. The maximum Gasteiger partial charge on any atom is 0.262 e. The number of ether oxygens (including phenoxy) is 1. The fourth-order valence-electron chi connectivity index (χ4n) is 3.18. The summed E-state index contributed by atoms with van der Waals surface area (Å²) in [5.74, 6) is -1.47. The first-order valence-electron chi connectivity index (χ1n) is 8.36. The molecule has 136 valence electrons. The Kier molecular flexibility index (Phi) is 4.24. The lowest BCUT2D eigenvalue weighted by molar-refractivity contribution is 0.0975. The van der Waals surface area contributed by atoms with Crippen molar-refractivity contribution in [1.82, 2.24) is 0 Å². The molecule has 1 unspecified atom stereocenters. The van der Waals surface area contributed by atoms with E-state index in [2.05, 4.69) is 5.32 Å². The predicted molar refractivity (Wildman–Crippen MR) is 99.0 cm³/mol. The molecule has 0 spiro atoms. The molecule has 1 atom stereocenters. The molecule has 0 fully saturated rings. The summed E-state index contributed by atoms with van der Waals surface area (Å²) in [6.07, 6.45) is -0.684. The van der Waals surface area contributed by atoms with Crippen LogP contribution in [0.2, 0.25) is 0 Å². The Morgan fingerprint density at radius 1 is 0.963 bits per heavy atom. The van der Waals surface area contributed by atoms with Gasteiger partial charge in [-0.15, -0.1) is 0 Å². The molecule has 1 heterocycles. The van der Waals surface area contributed by atoms with Gasteiger partial charge in [-0.05, 0) is 54.1 Å². The van der Waals surface area contributed by atoms with Crippen molar-refractivity contribution >= 4 is 17.3 Å². The van der Waals surface area contributed by atoms with Crippen molar-refractivity contribution in [3.63, 3.8) is 0 Å². The number of carbonyl (C=O) groups excluding carboxylic acids is 1. The van der Waals surface area contributed by atoms with Gasteiger partial charge >= 0.3 is 0 Å². The van der Waals surface area contributed by atoms with Crippen LogP contribution in [0.5, 0.6) is 5.75 Å². The average molecular weight is 366 g/mol. The molecule has 1 amide bonds. The Morgan fingerprint density at radius 3 is 2.41 bits per heavy atom. The van der Waals surface area contributed by atoms with Crippen molar-refractivity contribution in [2.45, 2.75) is 6.17 Å². The molecule has 0 bridgehead atoms. The normalized spacial score (nSPS) is 15.9. The summed E-state index contributed by atoms with van der Waals surface area (Å²) in [6.45, 7) is 0. The van der Waals surface area contributed by atoms with Gasteiger partial charge in [-0.3, -0.25) is 9.69 Å². The Bertz CT molecular complexity index is 1010. The lowest BCUT2D eigenvalue weighted by Gasteiger charge is -2.38. The Balaban J connectivity index is 1.84. The van der Waals surface area contributed by atoms with Crippen LogP contribution < -0.4 is 15.0 Å². The van der Waals surface area contributed by atoms with Gasteiger partial charge in [0.05, 0.1) is 12.7 Å². The van der Waals surface area contributed by atoms with Crippen LogP contribution in [0, 0.1) is 11.6 Å². The summed E-state index contributed by atoms with van der Waals surface area (Å²) in [5.41, 5.74) is 2.19. The fourth-order valence-corrected chi connectivity index (χ4v) is 3.18. The molecule has 0 radical (unpaired) electrons. The van der Waals surface area contributed by atoms with E-state index >= 15 is 0 Å². The maximum absolute atomic E-state index is 13.8. The van der Waals surface area contributed by atoms with E-state index < -0.39 is 17.8 Å². The molecule has 3 aromatic carbocycles. The molecule has 4 rings (SSSR count). The zero-order valence-corrected chi connectivity index (χ0v) is 14.4. The van der Waals surface area contributed by atoms with Crippen LogP contribution in [0.4, 0.5) is 20.2 Å². The van der Waals surface area contributed by atoms with Gasteiger partial charge in [0.25, 0.3) is 5.91 Å². The number of fused-ring (bicyclic) bond motifs is 1. The third kappa shape index (κ3) is 2.99. The predicted octanol–water partition coefficient (Wildman–Crippen LogP) is 4.74. The minimum Gasteiger partial charge on any atom is -0.497 e. The van der Waals surface area contributed by atoms with Gasteiger partial charge in [-0.25, -0.2) is 8.78 Å². The van der Waals surface area contributed by atoms with E-state index in [4.69, 9.17) is 4.74 Å². The van der Waals surface area contributed by atoms with E-state index in [-0.39, 0.29) is 5.91 Å². The average Bonchev–Trinajstić information content (AvgIpc) is 2.70. The van der Waals surface area contributed by atoms with Gasteiger partial charge in [0.1, 0.15) is 11.9 Å². The second-order valence-electron chi connectivity index (χ2n) is 6.14. The molecule has 3 aromatic rings. The third-order valence-electron chi connectivity index (χ3n) is 4.54. The van der Waals surface area contributed by atoms with Crippen LogP contribution in [0.25, 0.3) is 0 Å². The largest absolute Gasteiger partial charge is 0.497 e. The third-order valence-corrected chi connectivity index (χ3v) is 4.54. The molecule has 6 heteroatoms. The number of nitrogens with one attached hydrogen (secondary N) is 1. The summed E-state index contributed by atoms with van der Waals surface area (Å²) in [6, 6.07) is 17.7. The molecule has 1 aliphatic rings. The van der Waals surface area contributed by atoms with Crippen LogP contribution in [-0.4, -0.2) is 13.0 Å². The summed E-state index contributed by atoms with van der Waals surface area (Å²) in [4.78, 5) is 14.7. The van der Waals surface area contributed by atoms with E-state index in [9.17, 15) is 13.6 Å². The smallest absolute Gasteiger partial charge is 0.262 e. The van der Waals surface area contributed by atoms with Crippen LogP contribution >= 0.6 is 0 Å². The molecule has 0 aliphatic carbocycles. The van der Waals surface area contributed by atoms with Gasteiger partial charge in [0.2, 0.25) is 0 Å². The molecule has 0 aromatic heterocycles. The minimum absolute atomic E-state index is 0.232. The van der Waals surface area contributed by atoms with Gasteiger partial charge in [-0.1, -0.05) is 18.2 Å². The highest BCUT2D eigenvalue weighted by atomic mass is 19.2. The van der Waals surface area contributed by atoms with Crippen molar-refractivity contribution in [2.24, 2.45) is 0 Å². The van der Waals surface area contributed by atoms with Gasteiger partial charge < -0.3 is 10.1 Å². The van der Waals surface area contributed by atoms with Crippen molar-refractivity contribution < 1.29 is 18.3 Å². The van der Waals surface area contributed by atoms with Crippen LogP contribution in [0.1, 0.15) is 22.1 Å². The topological polar surface area (TPSA) is 41.6 Å². The first kappa shape index (κ1) is 17.0. The number of rotatable bonds is 3. The second kappa shape index (κ2) is 6.72. The number of nitrogens with zero attached hydrogens (tertiary/aromatic N) is 1. The number of amides is 1. The van der Waals surface area contributed by atoms with Crippen LogP contribution in [0.3, 0.4) is 0 Å². The molecule has 1 aliphatic heterocycles. The minimum atomic E-state index is -0.963. The van der Waals surface area contributed by atoms with E-state index in [1.165, 1.54) is 11.0 Å². The van der Waals surface area contributed by atoms with E-state index in [1.54, 1.807) is 49.6 Å².